The first kappa shape index (κ1) is 10.8. The standard InChI is InChI=1S/C13H14ClN3/c14-11-1-3-12(4-2-11)17-9-10(8-16-17)7-13(15)5-6-13/h1-4,8-9H,5-7,15H2. The molecular weight excluding hydrogens is 234 g/mol. The van der Waals surface area contributed by atoms with Gasteiger partial charge in [0.1, 0.15) is 0 Å². The fourth-order valence-corrected chi connectivity index (χ4v) is 2.06. The molecule has 17 heavy (non-hydrogen) atoms. The molecule has 1 aromatic carbocycles. The number of benzene rings is 1. The van der Waals surface area contributed by atoms with Crippen molar-refractivity contribution in [3.05, 3.63) is 47.2 Å². The average Bonchev–Trinajstić information content (AvgIpc) is 2.86. The summed E-state index contributed by atoms with van der Waals surface area (Å²) >= 11 is 5.85. The first-order chi connectivity index (χ1) is 8.15. The molecule has 1 aliphatic carbocycles. The van der Waals surface area contributed by atoms with Crippen LogP contribution >= 0.6 is 11.6 Å². The number of halogens is 1. The Morgan fingerprint density at radius 3 is 2.65 bits per heavy atom. The molecule has 0 saturated heterocycles. The summed E-state index contributed by atoms with van der Waals surface area (Å²) in [6, 6.07) is 7.63. The average molecular weight is 248 g/mol. The van der Waals surface area contributed by atoms with E-state index in [1.54, 1.807) is 0 Å². The second kappa shape index (κ2) is 3.86. The number of nitrogens with zero attached hydrogens (tertiary/aromatic N) is 2. The number of rotatable bonds is 3. The quantitative estimate of drug-likeness (QED) is 0.906. The lowest BCUT2D eigenvalue weighted by Gasteiger charge is -2.04. The Hall–Kier alpha value is -1.32. The molecule has 0 radical (unpaired) electrons. The van der Waals surface area contributed by atoms with Gasteiger partial charge in [-0.2, -0.15) is 5.10 Å². The van der Waals surface area contributed by atoms with Crippen LogP contribution in [0.2, 0.25) is 5.02 Å². The van der Waals surface area contributed by atoms with Crippen LogP contribution in [0.3, 0.4) is 0 Å². The summed E-state index contributed by atoms with van der Waals surface area (Å²) in [7, 11) is 0. The molecule has 0 unspecified atom stereocenters. The van der Waals surface area contributed by atoms with Gasteiger partial charge < -0.3 is 5.73 Å². The summed E-state index contributed by atoms with van der Waals surface area (Å²) in [6.45, 7) is 0. The van der Waals surface area contributed by atoms with E-state index in [9.17, 15) is 0 Å². The van der Waals surface area contributed by atoms with Gasteiger partial charge in [0, 0.05) is 16.8 Å². The fourth-order valence-electron chi connectivity index (χ4n) is 1.93. The Morgan fingerprint density at radius 1 is 1.29 bits per heavy atom. The zero-order valence-electron chi connectivity index (χ0n) is 9.44. The molecule has 3 nitrogen and oxygen atoms in total. The fraction of sp³-hybridized carbons (Fsp3) is 0.308. The zero-order chi connectivity index (χ0) is 11.9. The summed E-state index contributed by atoms with van der Waals surface area (Å²) in [5, 5.41) is 5.08. The van der Waals surface area contributed by atoms with E-state index in [0.717, 1.165) is 30.0 Å². The van der Waals surface area contributed by atoms with Crippen LogP contribution in [0, 0.1) is 0 Å². The molecule has 88 valence electrons. The molecule has 1 aliphatic rings. The molecule has 0 spiro atoms. The smallest absolute Gasteiger partial charge is 0.0646 e. The van der Waals surface area contributed by atoms with Gasteiger partial charge in [-0.15, -0.1) is 0 Å². The Kier molecular flexibility index (Phi) is 2.45. The van der Waals surface area contributed by atoms with E-state index in [2.05, 4.69) is 5.10 Å². The molecule has 0 bridgehead atoms. The molecule has 0 aliphatic heterocycles. The van der Waals surface area contributed by atoms with Gasteiger partial charge in [0.05, 0.1) is 11.9 Å². The monoisotopic (exact) mass is 247 g/mol. The molecule has 3 rings (SSSR count). The molecule has 1 heterocycles. The van der Waals surface area contributed by atoms with Crippen molar-refractivity contribution >= 4 is 11.6 Å². The maximum atomic E-state index is 6.09. The van der Waals surface area contributed by atoms with Crippen LogP contribution in [0.1, 0.15) is 18.4 Å². The molecular formula is C13H14ClN3. The molecule has 4 heteroatoms. The summed E-state index contributed by atoms with van der Waals surface area (Å²) in [5.41, 5.74) is 8.34. The maximum Gasteiger partial charge on any atom is 0.0646 e. The van der Waals surface area contributed by atoms with E-state index < -0.39 is 0 Å². The van der Waals surface area contributed by atoms with Crippen molar-refractivity contribution in [2.24, 2.45) is 5.73 Å². The van der Waals surface area contributed by atoms with Crippen LogP contribution in [0.25, 0.3) is 5.69 Å². The van der Waals surface area contributed by atoms with Gasteiger partial charge in [-0.1, -0.05) is 11.6 Å². The topological polar surface area (TPSA) is 43.8 Å². The highest BCUT2D eigenvalue weighted by atomic mass is 35.5. The van der Waals surface area contributed by atoms with Gasteiger partial charge >= 0.3 is 0 Å². The van der Waals surface area contributed by atoms with Crippen LogP contribution < -0.4 is 5.73 Å². The molecule has 0 amide bonds. The van der Waals surface area contributed by atoms with E-state index in [0.29, 0.717) is 0 Å². The minimum absolute atomic E-state index is 0.0356. The van der Waals surface area contributed by atoms with Crippen molar-refractivity contribution in [1.82, 2.24) is 9.78 Å². The van der Waals surface area contributed by atoms with Crippen molar-refractivity contribution < 1.29 is 0 Å². The van der Waals surface area contributed by atoms with E-state index in [4.69, 9.17) is 17.3 Å². The number of aromatic nitrogens is 2. The lowest BCUT2D eigenvalue weighted by atomic mass is 10.1. The van der Waals surface area contributed by atoms with E-state index in [1.165, 1.54) is 5.56 Å². The van der Waals surface area contributed by atoms with Crippen molar-refractivity contribution in [2.45, 2.75) is 24.8 Å². The first-order valence-corrected chi connectivity index (χ1v) is 6.11. The van der Waals surface area contributed by atoms with Gasteiger partial charge in [0.15, 0.2) is 0 Å². The lowest BCUT2D eigenvalue weighted by molar-refractivity contribution is 0.672. The van der Waals surface area contributed by atoms with Crippen LogP contribution in [-0.4, -0.2) is 15.3 Å². The number of hydrogen-bond donors (Lipinski definition) is 1. The number of hydrogen-bond acceptors (Lipinski definition) is 2. The van der Waals surface area contributed by atoms with Crippen molar-refractivity contribution in [1.29, 1.82) is 0 Å². The molecule has 1 aromatic heterocycles. The minimum Gasteiger partial charge on any atom is -0.325 e. The van der Waals surface area contributed by atoms with Gasteiger partial charge in [-0.05, 0) is 49.1 Å². The van der Waals surface area contributed by atoms with Crippen LogP contribution in [0.15, 0.2) is 36.7 Å². The summed E-state index contributed by atoms with van der Waals surface area (Å²) in [5.74, 6) is 0. The number of nitrogens with two attached hydrogens (primary N) is 1. The molecule has 1 saturated carbocycles. The van der Waals surface area contributed by atoms with Gasteiger partial charge in [0.2, 0.25) is 0 Å². The third kappa shape index (κ3) is 2.35. The lowest BCUT2D eigenvalue weighted by Crippen LogP contribution is -2.24. The highest BCUT2D eigenvalue weighted by Gasteiger charge is 2.38. The Morgan fingerprint density at radius 2 is 2.00 bits per heavy atom. The van der Waals surface area contributed by atoms with E-state index >= 15 is 0 Å². The maximum absolute atomic E-state index is 6.09. The zero-order valence-corrected chi connectivity index (χ0v) is 10.2. The highest BCUT2D eigenvalue weighted by Crippen LogP contribution is 2.35. The predicted molar refractivity (Wildman–Crippen MR) is 68.4 cm³/mol. The van der Waals surface area contributed by atoms with Crippen molar-refractivity contribution in [2.75, 3.05) is 0 Å². The SMILES string of the molecule is NC1(Cc2cnn(-c3ccc(Cl)cc3)c2)CC1. The third-order valence-corrected chi connectivity index (χ3v) is 3.43. The van der Waals surface area contributed by atoms with Crippen molar-refractivity contribution in [3.8, 4) is 5.69 Å². The Bertz CT molecular complexity index is 526. The second-order valence-corrected chi connectivity index (χ2v) is 5.25. The van der Waals surface area contributed by atoms with E-state index in [1.807, 2.05) is 41.3 Å². The predicted octanol–water partition coefficient (Wildman–Crippen LogP) is 2.56. The molecule has 2 aromatic rings. The molecule has 1 fully saturated rings. The van der Waals surface area contributed by atoms with Crippen LogP contribution in [0.4, 0.5) is 0 Å². The third-order valence-electron chi connectivity index (χ3n) is 3.18. The van der Waals surface area contributed by atoms with Crippen molar-refractivity contribution in [3.63, 3.8) is 0 Å². The summed E-state index contributed by atoms with van der Waals surface area (Å²) in [6.07, 6.45) is 7.09. The van der Waals surface area contributed by atoms with Gasteiger partial charge in [-0.3, -0.25) is 0 Å². The summed E-state index contributed by atoms with van der Waals surface area (Å²) < 4.78 is 1.86. The minimum atomic E-state index is 0.0356. The normalized spacial score (nSPS) is 17.1. The molecule has 0 atom stereocenters. The summed E-state index contributed by atoms with van der Waals surface area (Å²) in [4.78, 5) is 0. The van der Waals surface area contributed by atoms with Gasteiger partial charge in [-0.25, -0.2) is 4.68 Å². The van der Waals surface area contributed by atoms with E-state index in [-0.39, 0.29) is 5.54 Å². The molecule has 2 N–H and O–H groups in total. The van der Waals surface area contributed by atoms with Crippen LogP contribution in [0.5, 0.6) is 0 Å². The van der Waals surface area contributed by atoms with Gasteiger partial charge in [0.25, 0.3) is 0 Å². The first-order valence-electron chi connectivity index (χ1n) is 5.73. The second-order valence-electron chi connectivity index (χ2n) is 4.81. The largest absolute Gasteiger partial charge is 0.325 e. The Balaban J connectivity index is 1.82. The Labute approximate surface area is 105 Å². The highest BCUT2D eigenvalue weighted by molar-refractivity contribution is 6.30. The van der Waals surface area contributed by atoms with Crippen LogP contribution in [-0.2, 0) is 6.42 Å².